The van der Waals surface area contributed by atoms with Gasteiger partial charge in [-0.1, -0.05) is 57.5 Å². The van der Waals surface area contributed by atoms with E-state index in [1.54, 1.807) is 0 Å². The number of rotatable bonds is 13. The highest BCUT2D eigenvalue weighted by Gasteiger charge is 2.55. The Morgan fingerprint density at radius 3 is 1.89 bits per heavy atom. The number of ether oxygens (including phenoxy) is 3. The van der Waals surface area contributed by atoms with Gasteiger partial charge in [0.1, 0.15) is 11.7 Å². The monoisotopic (exact) mass is 610 g/mol. The summed E-state index contributed by atoms with van der Waals surface area (Å²) >= 11 is 3.98. The van der Waals surface area contributed by atoms with Crippen LogP contribution in [-0.2, 0) is 23.1 Å². The Balaban J connectivity index is 2.50. The molecule has 214 valence electrons. The minimum absolute atomic E-state index is 0.00332. The van der Waals surface area contributed by atoms with Gasteiger partial charge in [-0.25, -0.2) is 0 Å². The molecule has 9 atom stereocenters. The molecule has 6 nitrogen and oxygen atoms in total. The van der Waals surface area contributed by atoms with Crippen molar-refractivity contribution < 1.29 is 28.2 Å². The summed E-state index contributed by atoms with van der Waals surface area (Å²) in [5, 5.41) is 11.6. The fourth-order valence-corrected chi connectivity index (χ4v) is 10.7. The van der Waals surface area contributed by atoms with Crippen LogP contribution in [0.1, 0.15) is 62.3 Å². The first kappa shape index (κ1) is 32.9. The molecule has 2 aliphatic heterocycles. The predicted molar refractivity (Wildman–Crippen MR) is 156 cm³/mol. The molecule has 1 N–H and O–H groups in total. The van der Waals surface area contributed by atoms with Crippen LogP contribution in [0.5, 0.6) is 0 Å². The van der Waals surface area contributed by atoms with Crippen molar-refractivity contribution in [1.82, 2.24) is 0 Å². The number of alkyl halides is 1. The van der Waals surface area contributed by atoms with Crippen molar-refractivity contribution in [2.24, 2.45) is 17.8 Å². The van der Waals surface area contributed by atoms with Gasteiger partial charge in [0.2, 0.25) is 0 Å². The Labute approximate surface area is 231 Å². The third-order valence-electron chi connectivity index (χ3n) is 8.53. The summed E-state index contributed by atoms with van der Waals surface area (Å²) in [7, 11) is -3.94. The second-order valence-electron chi connectivity index (χ2n) is 12.9. The van der Waals surface area contributed by atoms with Gasteiger partial charge >= 0.3 is 0 Å². The molecule has 2 rings (SSSR count). The average Bonchev–Trinajstić information content (AvgIpc) is 3.31. The summed E-state index contributed by atoms with van der Waals surface area (Å²) in [6.45, 7) is 27.1. The van der Waals surface area contributed by atoms with E-state index in [1.807, 2.05) is 13.8 Å². The zero-order valence-corrected chi connectivity index (χ0v) is 28.6. The standard InChI is InChI=1S/C27H55BrO6Si2/c1-13-36(14-2,15-3)33-23(19(5)22(29)21-17-30-26(7,8)32-21)20(6)25(34-35(10,11)12)27(9)24(28)18(4)16-31-27/h18-25,29H,13-17H2,1-12H3/t18-,19+,20+,21+,22+,23-,24+,25-,27+/m1/s1. The van der Waals surface area contributed by atoms with E-state index in [1.165, 1.54) is 0 Å². The Morgan fingerprint density at radius 2 is 1.50 bits per heavy atom. The van der Waals surface area contributed by atoms with Crippen LogP contribution in [0.15, 0.2) is 0 Å². The summed E-state index contributed by atoms with van der Waals surface area (Å²) in [4.78, 5) is 0.174. The van der Waals surface area contributed by atoms with E-state index in [2.05, 4.69) is 84.0 Å². The summed E-state index contributed by atoms with van der Waals surface area (Å²) in [5.41, 5.74) is -0.491. The highest BCUT2D eigenvalue weighted by molar-refractivity contribution is 9.09. The van der Waals surface area contributed by atoms with Crippen LogP contribution < -0.4 is 0 Å². The Hall–Kier alpha value is 0.674. The van der Waals surface area contributed by atoms with Gasteiger partial charge in [0, 0.05) is 11.8 Å². The Bertz CT molecular complexity index is 692. The number of halogens is 1. The fourth-order valence-electron chi connectivity index (χ4n) is 5.98. The van der Waals surface area contributed by atoms with Gasteiger partial charge in [-0.15, -0.1) is 0 Å². The molecule has 2 heterocycles. The third-order valence-corrected chi connectivity index (χ3v) is 15.9. The van der Waals surface area contributed by atoms with E-state index in [4.69, 9.17) is 23.1 Å². The molecule has 2 fully saturated rings. The summed E-state index contributed by atoms with van der Waals surface area (Å²) < 4.78 is 32.6. The second kappa shape index (κ2) is 12.5. The van der Waals surface area contributed by atoms with Crippen LogP contribution >= 0.6 is 15.9 Å². The molecule has 0 saturated carbocycles. The van der Waals surface area contributed by atoms with E-state index >= 15 is 0 Å². The van der Waals surface area contributed by atoms with Crippen molar-refractivity contribution in [2.75, 3.05) is 13.2 Å². The van der Waals surface area contributed by atoms with Crippen LogP contribution in [0.2, 0.25) is 37.8 Å². The minimum Gasteiger partial charge on any atom is -0.413 e. The predicted octanol–water partition coefficient (Wildman–Crippen LogP) is 6.57. The molecular weight excluding hydrogens is 556 g/mol. The van der Waals surface area contributed by atoms with Crippen LogP contribution in [-0.4, -0.2) is 75.6 Å². The average molecular weight is 612 g/mol. The quantitative estimate of drug-likeness (QED) is 0.188. The SMILES string of the molecule is CC[Si](CC)(CC)O[C@H]([C@@H](C)[C@H](O)[C@@H]1COC(C)(C)O1)[C@H](C)[C@@H](O[Si](C)(C)C)[C@@]1(C)OC[C@@H](C)[C@@H]1Br. The molecule has 0 bridgehead atoms. The summed E-state index contributed by atoms with van der Waals surface area (Å²) in [6.07, 6.45) is -1.46. The summed E-state index contributed by atoms with van der Waals surface area (Å²) in [5.74, 6) is -0.457. The van der Waals surface area contributed by atoms with Gasteiger partial charge in [-0.3, -0.25) is 0 Å². The number of aliphatic hydroxyl groups excluding tert-OH is 1. The number of hydrogen-bond donors (Lipinski definition) is 1. The van der Waals surface area contributed by atoms with Gasteiger partial charge in [0.05, 0.1) is 36.4 Å². The third kappa shape index (κ3) is 7.44. The Kier molecular flexibility index (Phi) is 11.4. The lowest BCUT2D eigenvalue weighted by atomic mass is 9.78. The van der Waals surface area contributed by atoms with Gasteiger partial charge in [0.15, 0.2) is 22.4 Å². The van der Waals surface area contributed by atoms with Crippen molar-refractivity contribution >= 4 is 32.6 Å². The van der Waals surface area contributed by atoms with E-state index in [9.17, 15) is 5.11 Å². The molecule has 0 aromatic heterocycles. The fraction of sp³-hybridized carbons (Fsp3) is 1.00. The molecule has 0 radical (unpaired) electrons. The molecule has 2 saturated heterocycles. The first-order valence-corrected chi connectivity index (χ1v) is 20.9. The van der Waals surface area contributed by atoms with E-state index < -0.39 is 34.1 Å². The first-order chi connectivity index (χ1) is 16.5. The van der Waals surface area contributed by atoms with Gasteiger partial charge < -0.3 is 28.2 Å². The van der Waals surface area contributed by atoms with Crippen molar-refractivity contribution in [2.45, 2.75) is 141 Å². The van der Waals surface area contributed by atoms with Crippen LogP contribution in [0.25, 0.3) is 0 Å². The van der Waals surface area contributed by atoms with Crippen LogP contribution in [0, 0.1) is 17.8 Å². The number of hydrogen-bond acceptors (Lipinski definition) is 6. The van der Waals surface area contributed by atoms with Crippen molar-refractivity contribution in [3.05, 3.63) is 0 Å². The van der Waals surface area contributed by atoms with Crippen molar-refractivity contribution in [3.8, 4) is 0 Å². The molecule has 9 heteroatoms. The largest absolute Gasteiger partial charge is 0.413 e. The molecule has 0 amide bonds. The van der Waals surface area contributed by atoms with E-state index in [0.717, 1.165) is 18.1 Å². The second-order valence-corrected chi connectivity index (χ2v) is 23.1. The first-order valence-electron chi connectivity index (χ1n) is 14.1. The van der Waals surface area contributed by atoms with Gasteiger partial charge in [0.25, 0.3) is 0 Å². The maximum absolute atomic E-state index is 11.6. The smallest absolute Gasteiger partial charge is 0.192 e. The molecule has 2 aliphatic rings. The maximum atomic E-state index is 11.6. The van der Waals surface area contributed by atoms with Crippen molar-refractivity contribution in [1.29, 1.82) is 0 Å². The zero-order chi connectivity index (χ0) is 27.7. The molecule has 0 unspecified atom stereocenters. The zero-order valence-electron chi connectivity index (χ0n) is 25.0. The highest BCUT2D eigenvalue weighted by atomic mass is 79.9. The Morgan fingerprint density at radius 1 is 0.944 bits per heavy atom. The lowest BCUT2D eigenvalue weighted by Gasteiger charge is -2.48. The van der Waals surface area contributed by atoms with Crippen LogP contribution in [0.4, 0.5) is 0 Å². The lowest BCUT2D eigenvalue weighted by molar-refractivity contribution is -0.163. The molecular formula is C27H55BrO6Si2. The highest BCUT2D eigenvalue weighted by Crippen LogP contribution is 2.45. The topological polar surface area (TPSA) is 66.4 Å². The molecule has 0 aromatic rings. The molecule has 36 heavy (non-hydrogen) atoms. The minimum atomic E-state index is -2.00. The normalized spacial score (nSPS) is 33.3. The van der Waals surface area contributed by atoms with E-state index in [-0.39, 0.29) is 35.0 Å². The van der Waals surface area contributed by atoms with E-state index in [0.29, 0.717) is 19.1 Å². The maximum Gasteiger partial charge on any atom is 0.192 e. The molecule has 0 aliphatic carbocycles. The van der Waals surface area contributed by atoms with Gasteiger partial charge in [-0.2, -0.15) is 0 Å². The lowest BCUT2D eigenvalue weighted by Crippen LogP contribution is -2.59. The molecule has 0 aromatic carbocycles. The summed E-state index contributed by atoms with van der Waals surface area (Å²) in [6, 6.07) is 3.15. The van der Waals surface area contributed by atoms with Gasteiger partial charge in [-0.05, 0) is 64.5 Å². The molecule has 0 spiro atoms. The number of aliphatic hydroxyl groups is 1. The van der Waals surface area contributed by atoms with Crippen molar-refractivity contribution in [3.63, 3.8) is 0 Å². The van der Waals surface area contributed by atoms with Crippen LogP contribution in [0.3, 0.4) is 0 Å².